The van der Waals surface area contributed by atoms with E-state index >= 15 is 0 Å². The smallest absolute Gasteiger partial charge is 0.235 e. The Morgan fingerprint density at radius 1 is 1.37 bits per heavy atom. The van der Waals surface area contributed by atoms with E-state index in [4.69, 9.17) is 9.26 Å². The summed E-state index contributed by atoms with van der Waals surface area (Å²) >= 11 is 0. The molecule has 1 spiro atoms. The Morgan fingerprint density at radius 3 is 2.93 bits per heavy atom. The third kappa shape index (κ3) is 2.42. The van der Waals surface area contributed by atoms with Crippen molar-refractivity contribution in [1.29, 1.82) is 0 Å². The highest BCUT2D eigenvalue weighted by atomic mass is 16.5. The summed E-state index contributed by atoms with van der Waals surface area (Å²) in [6.45, 7) is 2.54. The average Bonchev–Trinajstić information content (AvgIpc) is 3.42. The molecule has 1 aromatic carbocycles. The maximum absolute atomic E-state index is 13.1. The second kappa shape index (κ2) is 5.79. The summed E-state index contributed by atoms with van der Waals surface area (Å²) in [5, 5.41) is 6.91. The van der Waals surface area contributed by atoms with Gasteiger partial charge in [-0.15, -0.1) is 0 Å². The third-order valence-electron chi connectivity index (χ3n) is 5.60. The predicted octanol–water partition coefficient (Wildman–Crippen LogP) is 1.59. The van der Waals surface area contributed by atoms with Gasteiger partial charge >= 0.3 is 0 Å². The SMILES string of the molecule is Cc1cc(N2C[C@@]34C=C[C@@H](O3)[C@H](C(=O)NCc3ccccc3)[C@H]4C2=O)no1. The van der Waals surface area contributed by atoms with Gasteiger partial charge in [-0.2, -0.15) is 0 Å². The van der Waals surface area contributed by atoms with Crippen molar-refractivity contribution in [3.8, 4) is 0 Å². The zero-order valence-corrected chi connectivity index (χ0v) is 14.8. The van der Waals surface area contributed by atoms with Crippen LogP contribution in [0.15, 0.2) is 53.1 Å². The number of amides is 2. The second-order valence-corrected chi connectivity index (χ2v) is 7.32. The largest absolute Gasteiger partial charge is 0.360 e. The summed E-state index contributed by atoms with van der Waals surface area (Å²) in [6.07, 6.45) is 3.46. The van der Waals surface area contributed by atoms with Crippen molar-refractivity contribution in [1.82, 2.24) is 10.5 Å². The summed E-state index contributed by atoms with van der Waals surface area (Å²) in [7, 11) is 0. The van der Waals surface area contributed by atoms with Crippen molar-refractivity contribution < 1.29 is 18.8 Å². The van der Waals surface area contributed by atoms with Crippen LogP contribution in [-0.4, -0.2) is 35.2 Å². The highest BCUT2D eigenvalue weighted by Gasteiger charge is 2.67. The van der Waals surface area contributed by atoms with E-state index in [1.54, 1.807) is 17.9 Å². The molecule has 138 valence electrons. The molecule has 0 aliphatic carbocycles. The fourth-order valence-electron chi connectivity index (χ4n) is 4.37. The number of aromatic nitrogens is 1. The van der Waals surface area contributed by atoms with Gasteiger partial charge in [0.05, 0.1) is 24.5 Å². The maximum Gasteiger partial charge on any atom is 0.235 e. The first-order valence-corrected chi connectivity index (χ1v) is 9.01. The van der Waals surface area contributed by atoms with Crippen molar-refractivity contribution in [2.24, 2.45) is 11.8 Å². The summed E-state index contributed by atoms with van der Waals surface area (Å²) in [4.78, 5) is 27.6. The van der Waals surface area contributed by atoms with Crippen LogP contribution in [0.25, 0.3) is 0 Å². The Labute approximate surface area is 156 Å². The van der Waals surface area contributed by atoms with E-state index in [0.717, 1.165) is 5.56 Å². The number of benzene rings is 1. The number of hydrogen-bond donors (Lipinski definition) is 1. The fraction of sp³-hybridized carbons (Fsp3) is 0.350. The van der Waals surface area contributed by atoms with Gasteiger partial charge in [0, 0.05) is 12.6 Å². The molecule has 3 aliphatic rings. The molecular weight excluding hydrogens is 346 g/mol. The summed E-state index contributed by atoms with van der Waals surface area (Å²) < 4.78 is 11.2. The quantitative estimate of drug-likeness (QED) is 0.832. The number of rotatable bonds is 4. The Kier molecular flexibility index (Phi) is 3.48. The molecule has 27 heavy (non-hydrogen) atoms. The summed E-state index contributed by atoms with van der Waals surface area (Å²) in [6, 6.07) is 11.4. The van der Waals surface area contributed by atoms with Gasteiger partial charge in [-0.25, -0.2) is 0 Å². The lowest BCUT2D eigenvalue weighted by Gasteiger charge is -2.23. The van der Waals surface area contributed by atoms with Crippen LogP contribution in [0.3, 0.4) is 0 Å². The van der Waals surface area contributed by atoms with Crippen LogP contribution in [0.2, 0.25) is 0 Å². The van der Waals surface area contributed by atoms with Gasteiger partial charge in [-0.3, -0.25) is 14.5 Å². The van der Waals surface area contributed by atoms with Gasteiger partial charge in [0.1, 0.15) is 11.4 Å². The number of carbonyl (C=O) groups excluding carboxylic acids is 2. The van der Waals surface area contributed by atoms with Crippen LogP contribution in [0, 0.1) is 18.8 Å². The molecule has 2 amide bonds. The number of hydrogen-bond acceptors (Lipinski definition) is 5. The minimum Gasteiger partial charge on any atom is -0.360 e. The topological polar surface area (TPSA) is 84.7 Å². The Hall–Kier alpha value is -2.93. The Balaban J connectivity index is 1.38. The monoisotopic (exact) mass is 365 g/mol. The van der Waals surface area contributed by atoms with E-state index in [9.17, 15) is 9.59 Å². The molecule has 1 N–H and O–H groups in total. The molecule has 5 rings (SSSR count). The number of anilines is 1. The molecular formula is C20H19N3O4. The lowest BCUT2D eigenvalue weighted by molar-refractivity contribution is -0.132. The Bertz CT molecular complexity index is 938. The highest BCUT2D eigenvalue weighted by molar-refractivity contribution is 6.02. The maximum atomic E-state index is 13.1. The van der Waals surface area contributed by atoms with Gasteiger partial charge in [0.2, 0.25) is 11.8 Å². The molecule has 2 saturated heterocycles. The van der Waals surface area contributed by atoms with Gasteiger partial charge < -0.3 is 14.6 Å². The van der Waals surface area contributed by atoms with E-state index in [1.807, 2.05) is 42.5 Å². The van der Waals surface area contributed by atoms with Crippen molar-refractivity contribution in [3.63, 3.8) is 0 Å². The molecule has 2 aromatic rings. The molecule has 2 fully saturated rings. The van der Waals surface area contributed by atoms with Crippen molar-refractivity contribution in [2.45, 2.75) is 25.2 Å². The first kappa shape index (κ1) is 16.3. The van der Waals surface area contributed by atoms with Crippen LogP contribution in [-0.2, 0) is 20.9 Å². The van der Waals surface area contributed by atoms with Crippen molar-refractivity contribution in [3.05, 3.63) is 59.9 Å². The molecule has 2 bridgehead atoms. The van der Waals surface area contributed by atoms with Gasteiger partial charge in [-0.05, 0) is 12.5 Å². The fourth-order valence-corrected chi connectivity index (χ4v) is 4.37. The molecule has 7 heteroatoms. The zero-order chi connectivity index (χ0) is 18.6. The van der Waals surface area contributed by atoms with Crippen LogP contribution in [0.1, 0.15) is 11.3 Å². The Morgan fingerprint density at radius 2 is 2.19 bits per heavy atom. The molecule has 0 saturated carbocycles. The van der Waals surface area contributed by atoms with Crippen molar-refractivity contribution >= 4 is 17.6 Å². The molecule has 0 unspecified atom stereocenters. The number of ether oxygens (including phenoxy) is 1. The third-order valence-corrected chi connectivity index (χ3v) is 5.60. The number of nitrogens with zero attached hydrogens (tertiary/aromatic N) is 2. The van der Waals surface area contributed by atoms with E-state index in [2.05, 4.69) is 10.5 Å². The van der Waals surface area contributed by atoms with E-state index in [-0.39, 0.29) is 17.9 Å². The molecule has 7 nitrogen and oxygen atoms in total. The highest BCUT2D eigenvalue weighted by Crippen LogP contribution is 2.52. The average molecular weight is 365 g/mol. The van der Waals surface area contributed by atoms with Gasteiger partial charge in [-0.1, -0.05) is 47.6 Å². The van der Waals surface area contributed by atoms with E-state index in [1.165, 1.54) is 0 Å². The standard InChI is InChI=1S/C20H19N3O4/c1-12-9-15(22-27-12)23-11-20-8-7-14(26-20)16(17(20)19(23)25)18(24)21-10-13-5-3-2-4-6-13/h2-9,14,16-17H,10-11H2,1H3,(H,21,24)/t14-,16+,17+,20-/m1/s1. The zero-order valence-electron chi connectivity index (χ0n) is 14.8. The molecule has 4 heterocycles. The number of fused-ring (bicyclic) bond motifs is 1. The molecule has 1 aromatic heterocycles. The normalized spacial score (nSPS) is 30.8. The molecule has 3 aliphatic heterocycles. The second-order valence-electron chi connectivity index (χ2n) is 7.32. The van der Waals surface area contributed by atoms with Crippen LogP contribution in [0.5, 0.6) is 0 Å². The van der Waals surface area contributed by atoms with Crippen LogP contribution >= 0.6 is 0 Å². The lowest BCUT2D eigenvalue weighted by atomic mass is 9.77. The number of carbonyl (C=O) groups is 2. The first-order valence-electron chi connectivity index (χ1n) is 9.01. The minimum absolute atomic E-state index is 0.144. The van der Waals surface area contributed by atoms with E-state index in [0.29, 0.717) is 24.7 Å². The van der Waals surface area contributed by atoms with E-state index < -0.39 is 17.4 Å². The summed E-state index contributed by atoms with van der Waals surface area (Å²) in [5.74, 6) is -0.290. The predicted molar refractivity (Wildman–Crippen MR) is 95.6 cm³/mol. The van der Waals surface area contributed by atoms with Gasteiger partial charge in [0.25, 0.3) is 0 Å². The lowest BCUT2D eigenvalue weighted by Crippen LogP contribution is -2.44. The van der Waals surface area contributed by atoms with Gasteiger partial charge in [0.15, 0.2) is 5.82 Å². The minimum atomic E-state index is -0.761. The molecule has 0 radical (unpaired) electrons. The number of nitrogens with one attached hydrogen (secondary N) is 1. The van der Waals surface area contributed by atoms with Crippen molar-refractivity contribution in [2.75, 3.05) is 11.4 Å². The van der Waals surface area contributed by atoms with Crippen LogP contribution < -0.4 is 10.2 Å². The summed E-state index contributed by atoms with van der Waals surface area (Å²) in [5.41, 5.74) is 0.251. The molecule has 4 atom stereocenters. The first-order chi connectivity index (χ1) is 13.1. The number of aryl methyl sites for hydroxylation is 1. The van der Waals surface area contributed by atoms with Crippen LogP contribution in [0.4, 0.5) is 5.82 Å².